The second-order valence-corrected chi connectivity index (χ2v) is 8.95. The minimum absolute atomic E-state index is 0. The Bertz CT molecular complexity index is 842. The Kier molecular flexibility index (Phi) is 8.32. The van der Waals surface area contributed by atoms with Crippen molar-refractivity contribution in [2.24, 2.45) is 28.7 Å². The zero-order valence-corrected chi connectivity index (χ0v) is 21.4. The molecule has 2 aliphatic carbocycles. The van der Waals surface area contributed by atoms with E-state index in [4.69, 9.17) is 0 Å². The zero-order chi connectivity index (χ0) is 22.0. The topological polar surface area (TPSA) is 77.0 Å². The molecule has 1 aromatic rings. The standard InChI is InChI=1S/C24H33N5O2.HI/c1-25-24(27-15-19(28(2)3)16-8-5-4-6-9-16)26-12-7-13-29-22(30)20-17-10-11-18(14-17)21(20)23(29)31;/h4-6,8-11,17-21H,7,12-15H2,1-3H3,(H2,25,26,27);1H. The lowest BCUT2D eigenvalue weighted by Gasteiger charge is -2.26. The van der Waals surface area contributed by atoms with Crippen LogP contribution in [0.25, 0.3) is 0 Å². The third-order valence-corrected chi connectivity index (χ3v) is 6.91. The van der Waals surface area contributed by atoms with Crippen LogP contribution in [0.15, 0.2) is 47.5 Å². The number of guanidine groups is 1. The number of likely N-dealkylation sites (N-methyl/N-ethyl adjacent to an activating group) is 1. The number of hydrogen-bond acceptors (Lipinski definition) is 4. The number of nitrogens with zero attached hydrogens (tertiary/aromatic N) is 3. The molecule has 1 aliphatic heterocycles. The van der Waals surface area contributed by atoms with E-state index in [1.54, 1.807) is 7.05 Å². The Morgan fingerprint density at radius 3 is 2.28 bits per heavy atom. The smallest absolute Gasteiger partial charge is 0.233 e. The lowest BCUT2D eigenvalue weighted by molar-refractivity contribution is -0.140. The van der Waals surface area contributed by atoms with Crippen molar-refractivity contribution in [1.82, 2.24) is 20.4 Å². The van der Waals surface area contributed by atoms with Crippen molar-refractivity contribution in [3.8, 4) is 0 Å². The molecule has 8 heteroatoms. The van der Waals surface area contributed by atoms with Gasteiger partial charge in [-0.3, -0.25) is 19.5 Å². The van der Waals surface area contributed by atoms with Crippen LogP contribution in [0.5, 0.6) is 0 Å². The van der Waals surface area contributed by atoms with E-state index in [-0.39, 0.29) is 65.5 Å². The van der Waals surface area contributed by atoms with Crippen molar-refractivity contribution < 1.29 is 9.59 Å². The molecule has 3 aliphatic rings. The van der Waals surface area contributed by atoms with Crippen LogP contribution >= 0.6 is 24.0 Å². The molecule has 0 radical (unpaired) electrons. The summed E-state index contributed by atoms with van der Waals surface area (Å²) in [7, 11) is 5.88. The van der Waals surface area contributed by atoms with E-state index in [0.717, 1.165) is 18.9 Å². The second kappa shape index (κ2) is 10.8. The predicted molar refractivity (Wildman–Crippen MR) is 137 cm³/mol. The summed E-state index contributed by atoms with van der Waals surface area (Å²) in [6.45, 7) is 1.84. The van der Waals surface area contributed by atoms with Crippen molar-refractivity contribution in [3.63, 3.8) is 0 Å². The number of carbonyl (C=O) groups excluding carboxylic acids is 2. The summed E-state index contributed by atoms with van der Waals surface area (Å²) in [6.07, 6.45) is 5.94. The van der Waals surface area contributed by atoms with Crippen molar-refractivity contribution in [2.75, 3.05) is 40.8 Å². The highest BCUT2D eigenvalue weighted by atomic mass is 127. The number of amides is 2. The first-order chi connectivity index (χ1) is 15.0. The highest BCUT2D eigenvalue weighted by Crippen LogP contribution is 2.52. The summed E-state index contributed by atoms with van der Waals surface area (Å²) in [6, 6.07) is 10.6. The van der Waals surface area contributed by atoms with Crippen LogP contribution in [0.4, 0.5) is 0 Å². The maximum Gasteiger partial charge on any atom is 0.233 e. The fourth-order valence-corrected chi connectivity index (χ4v) is 5.32. The summed E-state index contributed by atoms with van der Waals surface area (Å²) in [5.41, 5.74) is 1.25. The SMILES string of the molecule is CN=C(NCCCN1C(=O)C2C3C=CC(C3)C2C1=O)NCC(c1ccccc1)N(C)C.I. The molecule has 0 spiro atoms. The minimum Gasteiger partial charge on any atom is -0.356 e. The molecule has 2 bridgehead atoms. The molecule has 174 valence electrons. The van der Waals surface area contributed by atoms with Crippen molar-refractivity contribution in [2.45, 2.75) is 18.9 Å². The maximum atomic E-state index is 12.8. The van der Waals surface area contributed by atoms with Crippen LogP contribution in [0.3, 0.4) is 0 Å². The van der Waals surface area contributed by atoms with Crippen LogP contribution in [-0.2, 0) is 9.59 Å². The van der Waals surface area contributed by atoms with E-state index in [1.807, 2.05) is 6.07 Å². The predicted octanol–water partition coefficient (Wildman–Crippen LogP) is 2.27. The van der Waals surface area contributed by atoms with Gasteiger partial charge in [0.05, 0.1) is 17.9 Å². The third kappa shape index (κ3) is 4.85. The Balaban J connectivity index is 0.00000289. The molecule has 5 unspecified atom stereocenters. The molecule has 2 amide bonds. The zero-order valence-electron chi connectivity index (χ0n) is 19.0. The molecule has 32 heavy (non-hydrogen) atoms. The molecule has 2 N–H and O–H groups in total. The first-order valence-electron chi connectivity index (χ1n) is 11.2. The summed E-state index contributed by atoms with van der Waals surface area (Å²) < 4.78 is 0. The van der Waals surface area contributed by atoms with Crippen LogP contribution in [0, 0.1) is 23.7 Å². The van der Waals surface area contributed by atoms with E-state index >= 15 is 0 Å². The first-order valence-corrected chi connectivity index (χ1v) is 11.2. The van der Waals surface area contributed by atoms with Gasteiger partial charge in [0.15, 0.2) is 5.96 Å². The summed E-state index contributed by atoms with van der Waals surface area (Å²) in [4.78, 5) is 33.5. The molecule has 0 aromatic heterocycles. The van der Waals surface area contributed by atoms with E-state index < -0.39 is 0 Å². The lowest BCUT2D eigenvalue weighted by atomic mass is 9.85. The summed E-state index contributed by atoms with van der Waals surface area (Å²) in [5.74, 6) is 1.12. The monoisotopic (exact) mass is 551 g/mol. The largest absolute Gasteiger partial charge is 0.356 e. The number of benzene rings is 1. The highest BCUT2D eigenvalue weighted by Gasteiger charge is 2.58. The Morgan fingerprint density at radius 1 is 1.09 bits per heavy atom. The molecule has 7 nitrogen and oxygen atoms in total. The van der Waals surface area contributed by atoms with Gasteiger partial charge in [-0.25, -0.2) is 0 Å². The van der Waals surface area contributed by atoms with Gasteiger partial charge in [0.25, 0.3) is 0 Å². The maximum absolute atomic E-state index is 12.8. The molecular formula is C24H34IN5O2. The van der Waals surface area contributed by atoms with Crippen LogP contribution in [0.2, 0.25) is 0 Å². The lowest BCUT2D eigenvalue weighted by Crippen LogP contribution is -2.43. The number of likely N-dealkylation sites (tertiary alicyclic amines) is 1. The summed E-state index contributed by atoms with van der Waals surface area (Å²) >= 11 is 0. The quantitative estimate of drug-likeness (QED) is 0.130. The van der Waals surface area contributed by atoms with Gasteiger partial charge < -0.3 is 15.5 Å². The number of rotatable bonds is 8. The molecular weight excluding hydrogens is 517 g/mol. The highest BCUT2D eigenvalue weighted by molar-refractivity contribution is 14.0. The van der Waals surface area contributed by atoms with Gasteiger partial charge >= 0.3 is 0 Å². The second-order valence-electron chi connectivity index (χ2n) is 8.95. The number of nitrogens with one attached hydrogen (secondary N) is 2. The van der Waals surface area contributed by atoms with E-state index in [1.165, 1.54) is 10.5 Å². The number of hydrogen-bond donors (Lipinski definition) is 2. The first kappa shape index (κ1) is 24.7. The number of carbonyl (C=O) groups is 2. The number of imide groups is 1. The number of aliphatic imine (C=N–C) groups is 1. The molecule has 1 saturated carbocycles. The minimum atomic E-state index is -0.106. The number of allylic oxidation sites excluding steroid dienone is 2. The molecule has 5 atom stereocenters. The summed E-state index contributed by atoms with van der Waals surface area (Å²) in [5, 5.41) is 6.70. The normalized spacial score (nSPS) is 27.0. The molecule has 1 saturated heterocycles. The van der Waals surface area contributed by atoms with Crippen molar-refractivity contribution in [3.05, 3.63) is 48.0 Å². The van der Waals surface area contributed by atoms with Gasteiger partial charge in [-0.05, 0) is 44.3 Å². The van der Waals surface area contributed by atoms with Crippen LogP contribution in [0.1, 0.15) is 24.4 Å². The molecule has 1 aromatic carbocycles. The van der Waals surface area contributed by atoms with Crippen LogP contribution < -0.4 is 10.6 Å². The van der Waals surface area contributed by atoms with Gasteiger partial charge in [0.1, 0.15) is 0 Å². The molecule has 2 fully saturated rings. The van der Waals surface area contributed by atoms with E-state index in [9.17, 15) is 9.59 Å². The number of halogens is 1. The van der Waals surface area contributed by atoms with Crippen molar-refractivity contribution >= 4 is 41.8 Å². The van der Waals surface area contributed by atoms with Gasteiger partial charge in [-0.2, -0.15) is 0 Å². The van der Waals surface area contributed by atoms with Gasteiger partial charge in [-0.15, -0.1) is 24.0 Å². The fraction of sp³-hybridized carbons (Fsp3) is 0.542. The number of fused-ring (bicyclic) bond motifs is 5. The molecule has 4 rings (SSSR count). The van der Waals surface area contributed by atoms with Crippen LogP contribution in [-0.4, -0.2) is 68.4 Å². The fourth-order valence-electron chi connectivity index (χ4n) is 5.32. The average molecular weight is 551 g/mol. The van der Waals surface area contributed by atoms with Crippen molar-refractivity contribution in [1.29, 1.82) is 0 Å². The van der Waals surface area contributed by atoms with E-state index in [2.05, 4.69) is 71.0 Å². The van der Waals surface area contributed by atoms with Gasteiger partial charge in [0, 0.05) is 26.7 Å². The van der Waals surface area contributed by atoms with E-state index in [0.29, 0.717) is 19.5 Å². The Hall–Kier alpha value is -1.94. The van der Waals surface area contributed by atoms with Gasteiger partial charge in [0.2, 0.25) is 11.8 Å². The third-order valence-electron chi connectivity index (χ3n) is 6.91. The Morgan fingerprint density at radius 2 is 1.72 bits per heavy atom. The molecule has 1 heterocycles. The average Bonchev–Trinajstić information content (AvgIpc) is 3.45. The van der Waals surface area contributed by atoms with Gasteiger partial charge in [-0.1, -0.05) is 42.5 Å². The Labute approximate surface area is 207 Å².